The van der Waals surface area contributed by atoms with Gasteiger partial charge in [0.2, 0.25) is 0 Å². The molecule has 134 valence electrons. The highest BCUT2D eigenvalue weighted by molar-refractivity contribution is 7.80. The molecule has 24 heavy (non-hydrogen) atoms. The standard InChI is InChI=1S/C21H34N2S/c1-6-16-10-12-17(13-11-16)22-21(24)23-20-18(14(2)3)8-7-9-19(20)15(4)5/h7-9,14-17H,6,10-13H2,1-5H3,(H2,22,23,24). The topological polar surface area (TPSA) is 24.1 Å². The van der Waals surface area contributed by atoms with Gasteiger partial charge in [-0.2, -0.15) is 0 Å². The van der Waals surface area contributed by atoms with Crippen molar-refractivity contribution in [2.75, 3.05) is 5.32 Å². The Hall–Kier alpha value is -1.09. The highest BCUT2D eigenvalue weighted by atomic mass is 32.1. The van der Waals surface area contributed by atoms with E-state index >= 15 is 0 Å². The van der Waals surface area contributed by atoms with Crippen LogP contribution in [0.5, 0.6) is 0 Å². The number of benzene rings is 1. The fourth-order valence-electron chi connectivity index (χ4n) is 3.75. The first-order valence-corrected chi connectivity index (χ1v) is 10.0. The quantitative estimate of drug-likeness (QED) is 0.622. The molecular formula is C21H34N2S. The number of nitrogens with one attached hydrogen (secondary N) is 2. The fourth-order valence-corrected chi connectivity index (χ4v) is 4.01. The Bertz CT molecular complexity index is 517. The Morgan fingerprint density at radius 3 is 2.04 bits per heavy atom. The van der Waals surface area contributed by atoms with E-state index in [2.05, 4.69) is 63.5 Å². The van der Waals surface area contributed by atoms with Crippen molar-refractivity contribution >= 4 is 23.0 Å². The molecule has 2 rings (SSSR count). The first-order valence-electron chi connectivity index (χ1n) is 9.62. The van der Waals surface area contributed by atoms with Crippen LogP contribution in [0.15, 0.2) is 18.2 Å². The molecule has 0 aliphatic heterocycles. The molecule has 0 heterocycles. The maximum atomic E-state index is 5.64. The van der Waals surface area contributed by atoms with Gasteiger partial charge in [0, 0.05) is 11.7 Å². The van der Waals surface area contributed by atoms with E-state index < -0.39 is 0 Å². The number of hydrogen-bond donors (Lipinski definition) is 2. The smallest absolute Gasteiger partial charge is 0.171 e. The van der Waals surface area contributed by atoms with Crippen LogP contribution < -0.4 is 10.6 Å². The van der Waals surface area contributed by atoms with Crippen molar-refractivity contribution in [3.63, 3.8) is 0 Å². The van der Waals surface area contributed by atoms with E-state index in [1.54, 1.807) is 0 Å². The molecule has 1 fully saturated rings. The minimum Gasteiger partial charge on any atom is -0.360 e. The minimum atomic E-state index is 0.481. The van der Waals surface area contributed by atoms with Gasteiger partial charge in [0.15, 0.2) is 5.11 Å². The van der Waals surface area contributed by atoms with Gasteiger partial charge in [0.25, 0.3) is 0 Å². The Labute approximate surface area is 153 Å². The largest absolute Gasteiger partial charge is 0.360 e. The average Bonchev–Trinajstić information content (AvgIpc) is 2.55. The first-order chi connectivity index (χ1) is 11.4. The molecule has 2 N–H and O–H groups in total. The number of rotatable bonds is 5. The van der Waals surface area contributed by atoms with Gasteiger partial charge in [-0.15, -0.1) is 0 Å². The second-order valence-corrected chi connectivity index (χ2v) is 8.25. The van der Waals surface area contributed by atoms with Gasteiger partial charge < -0.3 is 10.6 Å². The monoisotopic (exact) mass is 346 g/mol. The summed E-state index contributed by atoms with van der Waals surface area (Å²) in [5, 5.41) is 7.88. The second kappa shape index (κ2) is 8.84. The van der Waals surface area contributed by atoms with Gasteiger partial charge in [-0.1, -0.05) is 59.2 Å². The molecule has 0 saturated heterocycles. The van der Waals surface area contributed by atoms with Gasteiger partial charge in [-0.05, 0) is 66.8 Å². The maximum absolute atomic E-state index is 5.64. The van der Waals surface area contributed by atoms with Crippen LogP contribution in [0.4, 0.5) is 5.69 Å². The molecule has 1 aliphatic rings. The van der Waals surface area contributed by atoms with Crippen molar-refractivity contribution < 1.29 is 0 Å². The molecule has 1 aliphatic carbocycles. The lowest BCUT2D eigenvalue weighted by molar-refractivity contribution is 0.306. The van der Waals surface area contributed by atoms with Gasteiger partial charge in [-0.3, -0.25) is 0 Å². The van der Waals surface area contributed by atoms with Crippen LogP contribution in [0.2, 0.25) is 0 Å². The van der Waals surface area contributed by atoms with Crippen LogP contribution in [0.3, 0.4) is 0 Å². The normalized spacial score (nSPS) is 21.1. The van der Waals surface area contributed by atoms with E-state index in [0.717, 1.165) is 11.0 Å². The molecule has 0 aromatic heterocycles. The zero-order valence-electron chi connectivity index (χ0n) is 16.0. The fraction of sp³-hybridized carbons (Fsp3) is 0.667. The summed E-state index contributed by atoms with van der Waals surface area (Å²) in [5.41, 5.74) is 3.90. The summed E-state index contributed by atoms with van der Waals surface area (Å²) in [4.78, 5) is 0. The zero-order valence-corrected chi connectivity index (χ0v) is 16.8. The summed E-state index contributed by atoms with van der Waals surface area (Å²) in [5.74, 6) is 1.88. The van der Waals surface area contributed by atoms with Crippen molar-refractivity contribution in [1.29, 1.82) is 0 Å². The number of hydrogen-bond acceptors (Lipinski definition) is 1. The summed E-state index contributed by atoms with van der Waals surface area (Å²) in [6.45, 7) is 11.3. The summed E-state index contributed by atoms with van der Waals surface area (Å²) < 4.78 is 0. The van der Waals surface area contributed by atoms with Gasteiger partial charge in [-0.25, -0.2) is 0 Å². The average molecular weight is 347 g/mol. The molecule has 1 saturated carbocycles. The lowest BCUT2D eigenvalue weighted by atomic mass is 9.85. The third-order valence-electron chi connectivity index (χ3n) is 5.37. The van der Waals surface area contributed by atoms with Crippen molar-refractivity contribution in [3.8, 4) is 0 Å². The molecule has 1 aromatic rings. The Morgan fingerprint density at radius 1 is 1.04 bits per heavy atom. The number of thiocarbonyl (C=S) groups is 1. The summed E-state index contributed by atoms with van der Waals surface area (Å²) in [7, 11) is 0. The van der Waals surface area contributed by atoms with E-state index in [1.165, 1.54) is 48.9 Å². The molecule has 1 aromatic carbocycles. The van der Waals surface area contributed by atoms with Crippen LogP contribution in [0, 0.1) is 5.92 Å². The van der Waals surface area contributed by atoms with Gasteiger partial charge in [0.1, 0.15) is 0 Å². The third-order valence-corrected chi connectivity index (χ3v) is 5.59. The molecule has 0 bridgehead atoms. The molecule has 0 atom stereocenters. The second-order valence-electron chi connectivity index (χ2n) is 7.85. The van der Waals surface area contributed by atoms with Crippen LogP contribution in [0.1, 0.15) is 89.7 Å². The van der Waals surface area contributed by atoms with Gasteiger partial charge >= 0.3 is 0 Å². The predicted octanol–water partition coefficient (Wildman–Crippen LogP) is 6.19. The zero-order chi connectivity index (χ0) is 17.7. The van der Waals surface area contributed by atoms with Crippen LogP contribution >= 0.6 is 12.2 Å². The third kappa shape index (κ3) is 4.95. The van der Waals surface area contributed by atoms with E-state index in [0.29, 0.717) is 17.9 Å². The molecule has 3 heteroatoms. The first kappa shape index (κ1) is 19.2. The Morgan fingerprint density at radius 2 is 1.58 bits per heavy atom. The SMILES string of the molecule is CCC1CCC(NC(=S)Nc2c(C(C)C)cccc2C(C)C)CC1. The van der Waals surface area contributed by atoms with Crippen LogP contribution in [-0.4, -0.2) is 11.2 Å². The predicted molar refractivity (Wildman–Crippen MR) is 110 cm³/mol. The highest BCUT2D eigenvalue weighted by Gasteiger charge is 2.21. The lowest BCUT2D eigenvalue weighted by Crippen LogP contribution is -2.40. The molecular weight excluding hydrogens is 312 g/mol. The molecule has 0 amide bonds. The highest BCUT2D eigenvalue weighted by Crippen LogP contribution is 2.32. The number of anilines is 1. The lowest BCUT2D eigenvalue weighted by Gasteiger charge is -2.30. The summed E-state index contributed by atoms with van der Waals surface area (Å²) in [6.07, 6.45) is 6.45. The van der Waals surface area contributed by atoms with Crippen LogP contribution in [-0.2, 0) is 0 Å². The Kier molecular flexibility index (Phi) is 7.09. The molecule has 2 nitrogen and oxygen atoms in total. The van der Waals surface area contributed by atoms with Crippen molar-refractivity contribution in [3.05, 3.63) is 29.3 Å². The molecule has 0 spiro atoms. The summed E-state index contributed by atoms with van der Waals surface area (Å²) >= 11 is 5.64. The van der Waals surface area contributed by atoms with Crippen molar-refractivity contribution in [2.24, 2.45) is 5.92 Å². The van der Waals surface area contributed by atoms with E-state index in [9.17, 15) is 0 Å². The van der Waals surface area contributed by atoms with E-state index in [4.69, 9.17) is 12.2 Å². The van der Waals surface area contributed by atoms with E-state index in [1.807, 2.05) is 0 Å². The number of para-hydroxylation sites is 1. The van der Waals surface area contributed by atoms with Gasteiger partial charge in [0.05, 0.1) is 0 Å². The van der Waals surface area contributed by atoms with E-state index in [-0.39, 0.29) is 0 Å². The Balaban J connectivity index is 2.06. The molecule has 0 unspecified atom stereocenters. The minimum absolute atomic E-state index is 0.481. The summed E-state index contributed by atoms with van der Waals surface area (Å²) in [6, 6.07) is 7.13. The van der Waals surface area contributed by atoms with Crippen molar-refractivity contribution in [1.82, 2.24) is 5.32 Å². The molecule has 0 radical (unpaired) electrons. The van der Waals surface area contributed by atoms with Crippen LogP contribution in [0.25, 0.3) is 0 Å². The maximum Gasteiger partial charge on any atom is 0.171 e. The van der Waals surface area contributed by atoms with Crippen molar-refractivity contribution in [2.45, 2.75) is 84.6 Å².